The summed E-state index contributed by atoms with van der Waals surface area (Å²) in [5.74, 6) is 1.59. The molecule has 1 heterocycles. The molecule has 4 heteroatoms. The Kier molecular flexibility index (Phi) is 3.23. The molecule has 4 nitrogen and oxygen atoms in total. The Bertz CT molecular complexity index is 785. The van der Waals surface area contributed by atoms with Crippen LogP contribution in [0.3, 0.4) is 0 Å². The summed E-state index contributed by atoms with van der Waals surface area (Å²) in [4.78, 5) is 2.41. The zero-order valence-electron chi connectivity index (χ0n) is 13.7. The molecule has 120 valence electrons. The van der Waals surface area contributed by atoms with Gasteiger partial charge in [-0.25, -0.2) is 0 Å². The van der Waals surface area contributed by atoms with Crippen molar-refractivity contribution in [3.8, 4) is 28.4 Å². The first-order chi connectivity index (χ1) is 11.1. The Morgan fingerprint density at radius 2 is 1.96 bits per heavy atom. The van der Waals surface area contributed by atoms with Gasteiger partial charge in [-0.1, -0.05) is 6.07 Å². The average Bonchev–Trinajstić information content (AvgIpc) is 2.57. The number of benzene rings is 2. The number of nitrogens with zero attached hydrogens (tertiary/aromatic N) is 1. The van der Waals surface area contributed by atoms with E-state index in [1.54, 1.807) is 14.2 Å². The summed E-state index contributed by atoms with van der Waals surface area (Å²) in [6.45, 7) is 1.04. The minimum Gasteiger partial charge on any atom is -0.504 e. The molecular formula is C19H21NO3. The summed E-state index contributed by atoms with van der Waals surface area (Å²) in [5.41, 5.74) is 5.79. The Labute approximate surface area is 136 Å². The van der Waals surface area contributed by atoms with Gasteiger partial charge in [-0.15, -0.1) is 0 Å². The Morgan fingerprint density at radius 3 is 2.70 bits per heavy atom. The molecule has 1 atom stereocenters. The van der Waals surface area contributed by atoms with Crippen LogP contribution in [0.4, 0.5) is 0 Å². The van der Waals surface area contributed by atoms with E-state index in [1.165, 1.54) is 11.1 Å². The van der Waals surface area contributed by atoms with Crippen molar-refractivity contribution in [1.29, 1.82) is 0 Å². The fourth-order valence-electron chi connectivity index (χ4n) is 4.00. The van der Waals surface area contributed by atoms with Gasteiger partial charge >= 0.3 is 0 Å². The topological polar surface area (TPSA) is 41.9 Å². The van der Waals surface area contributed by atoms with Crippen LogP contribution in [0, 0.1) is 0 Å². The van der Waals surface area contributed by atoms with Crippen molar-refractivity contribution in [2.75, 3.05) is 27.8 Å². The quantitative estimate of drug-likeness (QED) is 0.925. The highest BCUT2D eigenvalue weighted by Crippen LogP contribution is 2.51. The van der Waals surface area contributed by atoms with Gasteiger partial charge in [0.15, 0.2) is 11.5 Å². The predicted molar refractivity (Wildman–Crippen MR) is 89.4 cm³/mol. The van der Waals surface area contributed by atoms with Crippen LogP contribution in [-0.4, -0.2) is 37.8 Å². The third-order valence-electron chi connectivity index (χ3n) is 5.20. The van der Waals surface area contributed by atoms with E-state index in [1.807, 2.05) is 12.1 Å². The van der Waals surface area contributed by atoms with Crippen molar-refractivity contribution in [3.63, 3.8) is 0 Å². The van der Waals surface area contributed by atoms with Crippen LogP contribution in [0.15, 0.2) is 24.3 Å². The van der Waals surface area contributed by atoms with E-state index in [0.717, 1.165) is 41.8 Å². The van der Waals surface area contributed by atoms with Gasteiger partial charge in [-0.2, -0.15) is 0 Å². The van der Waals surface area contributed by atoms with Crippen molar-refractivity contribution in [2.24, 2.45) is 0 Å². The van der Waals surface area contributed by atoms with Gasteiger partial charge in [-0.05, 0) is 60.3 Å². The van der Waals surface area contributed by atoms with Crippen molar-refractivity contribution >= 4 is 0 Å². The molecular weight excluding hydrogens is 290 g/mol. The minimum absolute atomic E-state index is 0.229. The standard InChI is InChI=1S/C19H21NO3/c1-20-7-6-12-8-13(22-2)10-14-17(12)15(20)9-11-4-5-16(23-3)19(21)18(11)14/h4-5,8,10,15,21H,6-7,9H2,1-3H3/t15-/m1/s1. The molecule has 23 heavy (non-hydrogen) atoms. The van der Waals surface area contributed by atoms with Crippen molar-refractivity contribution in [1.82, 2.24) is 4.90 Å². The molecule has 0 radical (unpaired) electrons. The lowest BCUT2D eigenvalue weighted by Gasteiger charge is -2.40. The van der Waals surface area contributed by atoms with E-state index < -0.39 is 0 Å². The van der Waals surface area contributed by atoms with E-state index in [-0.39, 0.29) is 5.75 Å². The summed E-state index contributed by atoms with van der Waals surface area (Å²) in [7, 11) is 5.45. The number of hydrogen-bond acceptors (Lipinski definition) is 4. The number of phenols is 1. The van der Waals surface area contributed by atoms with Gasteiger partial charge in [0, 0.05) is 18.2 Å². The monoisotopic (exact) mass is 311 g/mol. The highest BCUT2D eigenvalue weighted by Gasteiger charge is 2.35. The molecule has 2 aromatic rings. The molecule has 0 fully saturated rings. The predicted octanol–water partition coefficient (Wildman–Crippen LogP) is 3.16. The first kappa shape index (κ1) is 14.4. The maximum Gasteiger partial charge on any atom is 0.165 e. The first-order valence-electron chi connectivity index (χ1n) is 7.94. The first-order valence-corrected chi connectivity index (χ1v) is 7.94. The van der Waals surface area contributed by atoms with E-state index in [4.69, 9.17) is 9.47 Å². The molecule has 0 bridgehead atoms. The normalized spacial score (nSPS) is 19.0. The number of fused-ring (bicyclic) bond motifs is 2. The second kappa shape index (κ2) is 5.17. The number of likely N-dealkylation sites (N-methyl/N-ethyl adjacent to an activating group) is 1. The lowest BCUT2D eigenvalue weighted by molar-refractivity contribution is 0.227. The fourth-order valence-corrected chi connectivity index (χ4v) is 4.00. The lowest BCUT2D eigenvalue weighted by atomic mass is 9.76. The van der Waals surface area contributed by atoms with Crippen LogP contribution < -0.4 is 9.47 Å². The number of hydrogen-bond donors (Lipinski definition) is 1. The largest absolute Gasteiger partial charge is 0.504 e. The zero-order valence-corrected chi connectivity index (χ0v) is 13.7. The molecule has 0 amide bonds. The Balaban J connectivity index is 2.04. The van der Waals surface area contributed by atoms with Gasteiger partial charge < -0.3 is 14.6 Å². The second-order valence-corrected chi connectivity index (χ2v) is 6.35. The summed E-state index contributed by atoms with van der Waals surface area (Å²) < 4.78 is 10.8. The summed E-state index contributed by atoms with van der Waals surface area (Å²) >= 11 is 0. The highest BCUT2D eigenvalue weighted by molar-refractivity contribution is 5.83. The average molecular weight is 311 g/mol. The molecule has 0 saturated heterocycles. The molecule has 4 rings (SSSR count). The SMILES string of the molecule is COc1cc2c3c(c1)-c1c(ccc(OC)c1O)C[C@H]3N(C)CC2. The minimum atomic E-state index is 0.229. The molecule has 2 aliphatic rings. The van der Waals surface area contributed by atoms with Crippen LogP contribution in [0.5, 0.6) is 17.2 Å². The van der Waals surface area contributed by atoms with Gasteiger partial charge in [0.1, 0.15) is 5.75 Å². The van der Waals surface area contributed by atoms with Crippen molar-refractivity contribution < 1.29 is 14.6 Å². The van der Waals surface area contributed by atoms with E-state index >= 15 is 0 Å². The van der Waals surface area contributed by atoms with Crippen LogP contribution in [0.1, 0.15) is 22.7 Å². The molecule has 1 N–H and O–H groups in total. The molecule has 0 spiro atoms. The van der Waals surface area contributed by atoms with Gasteiger partial charge in [-0.3, -0.25) is 4.90 Å². The van der Waals surface area contributed by atoms with Crippen molar-refractivity contribution in [3.05, 3.63) is 41.0 Å². The van der Waals surface area contributed by atoms with E-state index in [0.29, 0.717) is 11.8 Å². The molecule has 1 aliphatic carbocycles. The van der Waals surface area contributed by atoms with Crippen LogP contribution in [0.25, 0.3) is 11.1 Å². The van der Waals surface area contributed by atoms with Gasteiger partial charge in [0.05, 0.1) is 14.2 Å². The van der Waals surface area contributed by atoms with Crippen LogP contribution >= 0.6 is 0 Å². The molecule has 0 unspecified atom stereocenters. The summed E-state index contributed by atoms with van der Waals surface area (Å²) in [6.07, 6.45) is 1.92. The number of rotatable bonds is 2. The van der Waals surface area contributed by atoms with Crippen molar-refractivity contribution in [2.45, 2.75) is 18.9 Å². The maximum absolute atomic E-state index is 10.7. The molecule has 0 saturated carbocycles. The summed E-state index contributed by atoms with van der Waals surface area (Å²) in [5, 5.41) is 10.7. The van der Waals surface area contributed by atoms with E-state index in [2.05, 4.69) is 24.1 Å². The van der Waals surface area contributed by atoms with Gasteiger partial charge in [0.25, 0.3) is 0 Å². The van der Waals surface area contributed by atoms with Crippen LogP contribution in [-0.2, 0) is 12.8 Å². The number of ether oxygens (including phenoxy) is 2. The zero-order chi connectivity index (χ0) is 16.1. The molecule has 1 aliphatic heterocycles. The lowest BCUT2D eigenvalue weighted by Crippen LogP contribution is -2.35. The molecule has 2 aromatic carbocycles. The Hall–Kier alpha value is -2.20. The molecule has 0 aromatic heterocycles. The summed E-state index contributed by atoms with van der Waals surface area (Å²) in [6, 6.07) is 8.46. The third-order valence-corrected chi connectivity index (χ3v) is 5.20. The Morgan fingerprint density at radius 1 is 1.13 bits per heavy atom. The number of methoxy groups -OCH3 is 2. The fraction of sp³-hybridized carbons (Fsp3) is 0.368. The third kappa shape index (κ3) is 2.01. The van der Waals surface area contributed by atoms with E-state index in [9.17, 15) is 5.11 Å². The highest BCUT2D eigenvalue weighted by atomic mass is 16.5. The van der Waals surface area contributed by atoms with Gasteiger partial charge in [0.2, 0.25) is 0 Å². The second-order valence-electron chi connectivity index (χ2n) is 6.35. The maximum atomic E-state index is 10.7. The van der Waals surface area contributed by atoms with Crippen LogP contribution in [0.2, 0.25) is 0 Å². The number of aromatic hydroxyl groups is 1. The smallest absolute Gasteiger partial charge is 0.165 e. The number of phenolic OH excluding ortho intramolecular Hbond substituents is 1.